The van der Waals surface area contributed by atoms with Gasteiger partial charge in [-0.1, -0.05) is 45.1 Å². The molecule has 2 aliphatic rings. The summed E-state index contributed by atoms with van der Waals surface area (Å²) in [6.07, 6.45) is 8.30. The Hall–Kier alpha value is -1.95. The molecule has 1 atom stereocenters. The first-order valence-corrected chi connectivity index (χ1v) is 9.94. The highest BCUT2D eigenvalue weighted by Gasteiger charge is 2.25. The number of nitrogens with one attached hydrogen (secondary N) is 1. The Morgan fingerprint density at radius 1 is 1.23 bits per heavy atom. The molecule has 0 radical (unpaired) electrons. The number of hydrogen-bond donors (Lipinski definition) is 1. The maximum absolute atomic E-state index is 11.7. The Labute approximate surface area is 158 Å². The number of imide groups is 1. The minimum atomic E-state index is -0.361. The van der Waals surface area contributed by atoms with Crippen LogP contribution in [0.15, 0.2) is 23.1 Å². The van der Waals surface area contributed by atoms with Crippen molar-refractivity contribution in [2.45, 2.75) is 39.0 Å². The standard InChI is InChI=1S/C20H25NO4S/c1-13(15-6-4-3-5-7-15)12-25-16-9-8-14(10-17(16)24-2)11-18-19(22)21-20(23)26-18/h8-11,13,15H,3-7,12H2,1-2H3,(H,21,22,23)/b18-11-. The molecule has 1 heterocycles. The lowest BCUT2D eigenvalue weighted by molar-refractivity contribution is -0.115. The molecule has 0 aromatic heterocycles. The highest BCUT2D eigenvalue weighted by atomic mass is 32.2. The quantitative estimate of drug-likeness (QED) is 0.735. The van der Waals surface area contributed by atoms with Crippen molar-refractivity contribution in [1.29, 1.82) is 0 Å². The fraction of sp³-hybridized carbons (Fsp3) is 0.500. The number of methoxy groups -OCH3 is 1. The number of carbonyl (C=O) groups excluding carboxylic acids is 2. The zero-order valence-electron chi connectivity index (χ0n) is 15.2. The second kappa shape index (κ2) is 8.62. The minimum Gasteiger partial charge on any atom is -0.493 e. The second-order valence-corrected chi connectivity index (χ2v) is 7.96. The third kappa shape index (κ3) is 4.61. The Morgan fingerprint density at radius 3 is 2.65 bits per heavy atom. The van der Waals surface area contributed by atoms with E-state index in [1.807, 2.05) is 18.2 Å². The predicted octanol–water partition coefficient (Wildman–Crippen LogP) is 4.61. The first kappa shape index (κ1) is 18.8. The van der Waals surface area contributed by atoms with Crippen LogP contribution in [0.5, 0.6) is 11.5 Å². The lowest BCUT2D eigenvalue weighted by Gasteiger charge is -2.27. The van der Waals surface area contributed by atoms with E-state index in [1.165, 1.54) is 32.1 Å². The molecule has 2 amide bonds. The summed E-state index contributed by atoms with van der Waals surface area (Å²) in [4.78, 5) is 23.3. The summed E-state index contributed by atoms with van der Waals surface area (Å²) < 4.78 is 11.5. The molecule has 5 nitrogen and oxygen atoms in total. The van der Waals surface area contributed by atoms with Gasteiger partial charge in [-0.25, -0.2) is 0 Å². The molecule has 1 N–H and O–H groups in total. The Morgan fingerprint density at radius 2 is 2.00 bits per heavy atom. The molecule has 1 saturated carbocycles. The van der Waals surface area contributed by atoms with Gasteiger partial charge in [-0.15, -0.1) is 0 Å². The van der Waals surface area contributed by atoms with Gasteiger partial charge in [-0.05, 0) is 47.4 Å². The predicted molar refractivity (Wildman–Crippen MR) is 103 cm³/mol. The molecule has 1 saturated heterocycles. The molecule has 1 aromatic rings. The third-order valence-electron chi connectivity index (χ3n) is 5.08. The summed E-state index contributed by atoms with van der Waals surface area (Å²) >= 11 is 0.906. The Kier molecular flexibility index (Phi) is 6.25. The van der Waals surface area contributed by atoms with Gasteiger partial charge in [0.1, 0.15) is 0 Å². The number of carbonyl (C=O) groups is 2. The fourth-order valence-electron chi connectivity index (χ4n) is 3.53. The highest BCUT2D eigenvalue weighted by Crippen LogP contribution is 2.34. The molecule has 140 valence electrons. The van der Waals surface area contributed by atoms with E-state index in [9.17, 15) is 9.59 Å². The van der Waals surface area contributed by atoms with Crippen LogP contribution in [0.25, 0.3) is 6.08 Å². The summed E-state index contributed by atoms with van der Waals surface area (Å²) in [6, 6.07) is 5.55. The summed E-state index contributed by atoms with van der Waals surface area (Å²) in [7, 11) is 1.60. The molecule has 1 aromatic carbocycles. The van der Waals surface area contributed by atoms with Gasteiger partial charge in [0.25, 0.3) is 11.1 Å². The number of benzene rings is 1. The van der Waals surface area contributed by atoms with Crippen molar-refractivity contribution in [2.75, 3.05) is 13.7 Å². The van der Waals surface area contributed by atoms with Crippen molar-refractivity contribution in [3.05, 3.63) is 28.7 Å². The second-order valence-electron chi connectivity index (χ2n) is 6.95. The fourth-order valence-corrected chi connectivity index (χ4v) is 4.21. The molecule has 0 spiro atoms. The van der Waals surface area contributed by atoms with E-state index >= 15 is 0 Å². The summed E-state index contributed by atoms with van der Waals surface area (Å²) in [6.45, 7) is 2.93. The zero-order valence-corrected chi connectivity index (χ0v) is 16.1. The van der Waals surface area contributed by atoms with Gasteiger partial charge in [0, 0.05) is 0 Å². The third-order valence-corrected chi connectivity index (χ3v) is 5.89. The highest BCUT2D eigenvalue weighted by molar-refractivity contribution is 8.18. The molecule has 1 aliphatic carbocycles. The van der Waals surface area contributed by atoms with Gasteiger partial charge in [-0.3, -0.25) is 14.9 Å². The molecule has 6 heteroatoms. The summed E-state index contributed by atoms with van der Waals surface area (Å²) in [5.74, 6) is 2.24. The average molecular weight is 375 g/mol. The van der Waals surface area contributed by atoms with Crippen LogP contribution in [0, 0.1) is 11.8 Å². The largest absolute Gasteiger partial charge is 0.493 e. The van der Waals surface area contributed by atoms with E-state index in [0.717, 1.165) is 23.2 Å². The van der Waals surface area contributed by atoms with Crippen LogP contribution >= 0.6 is 11.8 Å². The van der Waals surface area contributed by atoms with Gasteiger partial charge in [-0.2, -0.15) is 0 Å². The smallest absolute Gasteiger partial charge is 0.290 e. The van der Waals surface area contributed by atoms with Crippen LogP contribution in [0.2, 0.25) is 0 Å². The Balaban J connectivity index is 1.66. The maximum Gasteiger partial charge on any atom is 0.290 e. The van der Waals surface area contributed by atoms with E-state index < -0.39 is 0 Å². The summed E-state index contributed by atoms with van der Waals surface area (Å²) in [5.41, 5.74) is 0.793. The van der Waals surface area contributed by atoms with Crippen LogP contribution < -0.4 is 14.8 Å². The van der Waals surface area contributed by atoms with Gasteiger partial charge in [0.15, 0.2) is 11.5 Å². The van der Waals surface area contributed by atoms with Gasteiger partial charge in [0.05, 0.1) is 18.6 Å². The lowest BCUT2D eigenvalue weighted by atomic mass is 9.81. The first-order chi connectivity index (χ1) is 12.6. The van der Waals surface area contributed by atoms with Crippen molar-refractivity contribution >= 4 is 29.0 Å². The molecular formula is C20H25NO4S. The topological polar surface area (TPSA) is 64.6 Å². The van der Waals surface area contributed by atoms with Crippen LogP contribution in [-0.2, 0) is 4.79 Å². The average Bonchev–Trinajstić information content (AvgIpc) is 2.97. The van der Waals surface area contributed by atoms with Gasteiger partial charge < -0.3 is 9.47 Å². The van der Waals surface area contributed by atoms with Crippen LogP contribution in [0.1, 0.15) is 44.6 Å². The molecule has 0 bridgehead atoms. The number of hydrogen-bond acceptors (Lipinski definition) is 5. The lowest BCUT2D eigenvalue weighted by Crippen LogP contribution is -2.21. The molecular weight excluding hydrogens is 350 g/mol. The van der Waals surface area contributed by atoms with Crippen molar-refractivity contribution in [2.24, 2.45) is 11.8 Å². The van der Waals surface area contributed by atoms with Gasteiger partial charge >= 0.3 is 0 Å². The van der Waals surface area contributed by atoms with E-state index in [0.29, 0.717) is 28.9 Å². The van der Waals surface area contributed by atoms with Crippen molar-refractivity contribution in [3.8, 4) is 11.5 Å². The van der Waals surface area contributed by atoms with Crippen LogP contribution in [0.3, 0.4) is 0 Å². The monoisotopic (exact) mass is 375 g/mol. The van der Waals surface area contributed by atoms with Crippen molar-refractivity contribution < 1.29 is 19.1 Å². The molecule has 3 rings (SSSR count). The van der Waals surface area contributed by atoms with Crippen molar-refractivity contribution in [3.63, 3.8) is 0 Å². The normalized spacial score (nSPS) is 20.9. The summed E-state index contributed by atoms with van der Waals surface area (Å²) in [5, 5.41) is 1.91. The number of rotatable bonds is 6. The first-order valence-electron chi connectivity index (χ1n) is 9.12. The van der Waals surface area contributed by atoms with Crippen LogP contribution in [0.4, 0.5) is 4.79 Å². The zero-order chi connectivity index (χ0) is 18.5. The van der Waals surface area contributed by atoms with E-state index in [2.05, 4.69) is 12.2 Å². The molecule has 1 aliphatic heterocycles. The minimum absolute atomic E-state index is 0.343. The molecule has 1 unspecified atom stereocenters. The molecule has 26 heavy (non-hydrogen) atoms. The van der Waals surface area contributed by atoms with Crippen molar-refractivity contribution in [1.82, 2.24) is 5.32 Å². The Bertz CT molecular complexity index is 710. The van der Waals surface area contributed by atoms with E-state index in [1.54, 1.807) is 13.2 Å². The number of thioether (sulfide) groups is 1. The number of amides is 2. The van der Waals surface area contributed by atoms with E-state index in [4.69, 9.17) is 9.47 Å². The maximum atomic E-state index is 11.7. The number of ether oxygens (including phenoxy) is 2. The SMILES string of the molecule is COc1cc(/C=C2\SC(=O)NC2=O)ccc1OCC(C)C1CCCCC1. The van der Waals surface area contributed by atoms with Gasteiger partial charge in [0.2, 0.25) is 0 Å². The molecule has 2 fully saturated rings. The van der Waals surface area contributed by atoms with E-state index in [-0.39, 0.29) is 11.1 Å². The van der Waals surface area contributed by atoms with Crippen LogP contribution in [-0.4, -0.2) is 24.9 Å².